The van der Waals surface area contributed by atoms with Gasteiger partial charge in [-0.3, -0.25) is 14.6 Å². The van der Waals surface area contributed by atoms with Crippen molar-refractivity contribution in [1.82, 2.24) is 19.8 Å². The van der Waals surface area contributed by atoms with Crippen LogP contribution in [0.3, 0.4) is 0 Å². The number of piperazine rings is 1. The lowest BCUT2D eigenvalue weighted by atomic mass is 9.90. The van der Waals surface area contributed by atoms with Crippen LogP contribution in [0.25, 0.3) is 10.9 Å². The molecule has 6 rings (SSSR count). The highest BCUT2D eigenvalue weighted by Crippen LogP contribution is 2.32. The van der Waals surface area contributed by atoms with E-state index in [2.05, 4.69) is 51.1 Å². The van der Waals surface area contributed by atoms with Gasteiger partial charge in [-0.2, -0.15) is 0 Å². The molecule has 2 saturated heterocycles. The molecule has 9 heteroatoms. The smallest absolute Gasteiger partial charge is 0.164 e. The Morgan fingerprint density at radius 3 is 2.00 bits per heavy atom. The summed E-state index contributed by atoms with van der Waals surface area (Å²) in [7, 11) is 0. The first-order valence-corrected chi connectivity index (χ1v) is 15.8. The topological polar surface area (TPSA) is 72.8 Å². The zero-order valence-electron chi connectivity index (χ0n) is 24.4. The Kier molecular flexibility index (Phi) is 9.26. The number of benzene rings is 3. The molecule has 1 atom stereocenters. The third-order valence-corrected chi connectivity index (χ3v) is 9.25. The lowest BCUT2D eigenvalue weighted by molar-refractivity contribution is -0.130. The van der Waals surface area contributed by atoms with E-state index in [1.54, 1.807) is 6.92 Å². The van der Waals surface area contributed by atoms with Gasteiger partial charge in [0.15, 0.2) is 5.78 Å². The fourth-order valence-corrected chi connectivity index (χ4v) is 6.67. The largest absolute Gasteiger partial charge is 0.386 e. The van der Waals surface area contributed by atoms with E-state index in [1.165, 1.54) is 11.1 Å². The van der Waals surface area contributed by atoms with Crippen LogP contribution in [0.2, 0.25) is 10.0 Å². The molecule has 1 unspecified atom stereocenters. The molecule has 3 heterocycles. The first-order chi connectivity index (χ1) is 20.9. The second kappa shape index (κ2) is 13.3. The van der Waals surface area contributed by atoms with Gasteiger partial charge in [-0.25, -0.2) is 9.97 Å². The van der Waals surface area contributed by atoms with E-state index in [1.807, 2.05) is 36.4 Å². The average Bonchev–Trinajstić information content (AvgIpc) is 3.03. The van der Waals surface area contributed by atoms with Gasteiger partial charge < -0.3 is 10.0 Å². The summed E-state index contributed by atoms with van der Waals surface area (Å²) in [6.45, 7) is 7.32. The number of carbonyl (C=O) groups excluding carboxylic acids is 1. The number of rotatable bonds is 8. The minimum absolute atomic E-state index is 0.0543. The maximum absolute atomic E-state index is 12.4. The molecule has 2 aliphatic rings. The molecule has 2 fully saturated rings. The lowest BCUT2D eigenvalue weighted by Crippen LogP contribution is -2.47. The van der Waals surface area contributed by atoms with Crippen LogP contribution in [0.15, 0.2) is 72.8 Å². The monoisotopic (exact) mass is 617 g/mol. The van der Waals surface area contributed by atoms with Gasteiger partial charge in [0.05, 0.1) is 18.1 Å². The summed E-state index contributed by atoms with van der Waals surface area (Å²) in [5, 5.41) is 12.3. The summed E-state index contributed by atoms with van der Waals surface area (Å²) in [5.74, 6) is 1.61. The number of piperidine rings is 1. The van der Waals surface area contributed by atoms with Gasteiger partial charge in [-0.1, -0.05) is 59.6 Å². The van der Waals surface area contributed by atoms with E-state index in [0.717, 1.165) is 84.7 Å². The minimum Gasteiger partial charge on any atom is -0.386 e. The molecule has 0 aliphatic carbocycles. The normalized spacial score (nSPS) is 17.9. The Morgan fingerprint density at radius 2 is 1.42 bits per heavy atom. The molecule has 7 nitrogen and oxygen atoms in total. The second-order valence-electron chi connectivity index (χ2n) is 11.6. The van der Waals surface area contributed by atoms with Gasteiger partial charge in [0, 0.05) is 60.6 Å². The summed E-state index contributed by atoms with van der Waals surface area (Å²) in [5.41, 5.74) is 3.36. The molecule has 0 saturated carbocycles. The van der Waals surface area contributed by atoms with Crippen LogP contribution in [-0.4, -0.2) is 76.0 Å². The molecule has 1 N–H and O–H groups in total. The molecule has 2 aliphatic heterocycles. The van der Waals surface area contributed by atoms with Crippen molar-refractivity contribution >= 4 is 45.7 Å². The maximum atomic E-state index is 12.4. The molecule has 0 spiro atoms. The minimum atomic E-state index is -0.906. The van der Waals surface area contributed by atoms with E-state index in [4.69, 9.17) is 33.2 Å². The van der Waals surface area contributed by atoms with Crippen LogP contribution in [0.5, 0.6) is 0 Å². The van der Waals surface area contributed by atoms with E-state index in [-0.39, 0.29) is 17.7 Å². The molecular weight excluding hydrogens is 581 g/mol. The molecular formula is C34H37Cl2N5O2. The van der Waals surface area contributed by atoms with Crippen LogP contribution < -0.4 is 4.90 Å². The number of aliphatic hydroxyl groups is 1. The number of Topliss-reactive ketones (excluding diaryl/α,β-unsaturated/α-hetero) is 1. The van der Waals surface area contributed by atoms with Crippen LogP contribution >= 0.6 is 23.2 Å². The molecule has 0 bridgehead atoms. The van der Waals surface area contributed by atoms with Crippen molar-refractivity contribution in [2.45, 2.75) is 38.5 Å². The average molecular weight is 619 g/mol. The van der Waals surface area contributed by atoms with Gasteiger partial charge in [0.25, 0.3) is 0 Å². The Labute approximate surface area is 263 Å². The third kappa shape index (κ3) is 6.87. The quantitative estimate of drug-likeness (QED) is 0.259. The van der Waals surface area contributed by atoms with Crippen molar-refractivity contribution in [3.05, 3.63) is 99.8 Å². The summed E-state index contributed by atoms with van der Waals surface area (Å²) in [4.78, 5) is 29.6. The fraction of sp³-hybridized carbons (Fsp3) is 0.382. The molecule has 0 amide bonds. The Hall–Kier alpha value is -3.07. The number of carbonyl (C=O) groups is 1. The molecule has 0 radical (unpaired) electrons. The molecule has 3 aromatic carbocycles. The Balaban J connectivity index is 1.17. The number of aliphatic hydroxyl groups excluding tert-OH is 1. The predicted molar refractivity (Wildman–Crippen MR) is 173 cm³/mol. The van der Waals surface area contributed by atoms with Gasteiger partial charge >= 0.3 is 0 Å². The second-order valence-corrected chi connectivity index (χ2v) is 12.5. The first kappa shape index (κ1) is 30.0. The van der Waals surface area contributed by atoms with Crippen molar-refractivity contribution in [1.29, 1.82) is 0 Å². The zero-order chi connectivity index (χ0) is 29.9. The van der Waals surface area contributed by atoms with Gasteiger partial charge in [0.2, 0.25) is 0 Å². The Morgan fingerprint density at radius 1 is 0.837 bits per heavy atom. The predicted octanol–water partition coefficient (Wildman–Crippen LogP) is 6.01. The standard InChI is InChI=1S/C34H37Cl2N5O2/c1-23(42)33(43)26-14-16-41(17-15-26)34-29-4-2-3-5-30(29)37-31(38-34)22-39-18-20-40(21-19-39)32(24-6-10-27(35)11-7-24)25-8-12-28(36)13-9-25/h2-13,23,26,32,42H,14-22H2,1H3. The lowest BCUT2D eigenvalue weighted by Gasteiger charge is -2.39. The van der Waals surface area contributed by atoms with Gasteiger partial charge in [-0.15, -0.1) is 0 Å². The summed E-state index contributed by atoms with van der Waals surface area (Å²) >= 11 is 12.4. The number of hydrogen-bond donors (Lipinski definition) is 1. The number of halogens is 2. The van der Waals surface area contributed by atoms with E-state index in [9.17, 15) is 9.90 Å². The first-order valence-electron chi connectivity index (χ1n) is 15.1. The number of para-hydroxylation sites is 1. The molecule has 1 aromatic heterocycles. The maximum Gasteiger partial charge on any atom is 0.164 e. The van der Waals surface area contributed by atoms with Crippen molar-refractivity contribution in [3.8, 4) is 0 Å². The summed E-state index contributed by atoms with van der Waals surface area (Å²) in [6.07, 6.45) is 0.542. The molecule has 224 valence electrons. The van der Waals surface area contributed by atoms with Crippen LogP contribution in [0.4, 0.5) is 5.82 Å². The highest BCUT2D eigenvalue weighted by atomic mass is 35.5. The summed E-state index contributed by atoms with van der Waals surface area (Å²) < 4.78 is 0. The highest BCUT2D eigenvalue weighted by molar-refractivity contribution is 6.30. The number of anilines is 1. The number of nitrogens with zero attached hydrogens (tertiary/aromatic N) is 5. The third-order valence-electron chi connectivity index (χ3n) is 8.75. The van der Waals surface area contributed by atoms with Crippen LogP contribution in [-0.2, 0) is 11.3 Å². The molecule has 4 aromatic rings. The SMILES string of the molecule is CC(O)C(=O)C1CCN(c2nc(CN3CCN(C(c4ccc(Cl)cc4)c4ccc(Cl)cc4)CC3)nc3ccccc23)CC1. The van der Waals surface area contributed by atoms with Crippen molar-refractivity contribution in [2.24, 2.45) is 5.92 Å². The van der Waals surface area contributed by atoms with Gasteiger partial charge in [-0.05, 0) is 67.3 Å². The zero-order valence-corrected chi connectivity index (χ0v) is 25.9. The fourth-order valence-electron chi connectivity index (χ4n) is 6.42. The highest BCUT2D eigenvalue weighted by Gasteiger charge is 2.30. The number of fused-ring (bicyclic) bond motifs is 1. The number of hydrogen-bond acceptors (Lipinski definition) is 7. The van der Waals surface area contributed by atoms with Gasteiger partial charge in [0.1, 0.15) is 17.7 Å². The summed E-state index contributed by atoms with van der Waals surface area (Å²) in [6, 6.07) is 24.6. The number of ketones is 1. The van der Waals surface area contributed by atoms with Crippen LogP contribution in [0.1, 0.15) is 42.8 Å². The Bertz CT molecular complexity index is 1500. The van der Waals surface area contributed by atoms with Crippen molar-refractivity contribution < 1.29 is 9.90 Å². The van der Waals surface area contributed by atoms with E-state index < -0.39 is 6.10 Å². The van der Waals surface area contributed by atoms with Crippen molar-refractivity contribution in [3.63, 3.8) is 0 Å². The number of aromatic nitrogens is 2. The molecule has 43 heavy (non-hydrogen) atoms. The van der Waals surface area contributed by atoms with Crippen LogP contribution in [0, 0.1) is 5.92 Å². The van der Waals surface area contributed by atoms with E-state index in [0.29, 0.717) is 6.54 Å². The van der Waals surface area contributed by atoms with Crippen molar-refractivity contribution in [2.75, 3.05) is 44.2 Å². The van der Waals surface area contributed by atoms with E-state index >= 15 is 0 Å².